The molecule has 2 aliphatic heterocycles. The third-order valence-corrected chi connectivity index (χ3v) is 4.98. The SMILES string of the molecule is CCCCCc1cc(OC2CCCCO2)cc(OC2CCCCO2)c1O. The number of rotatable bonds is 8. The molecule has 2 atom stereocenters. The van der Waals surface area contributed by atoms with Gasteiger partial charge in [0, 0.05) is 24.5 Å². The fourth-order valence-corrected chi connectivity index (χ4v) is 3.45. The van der Waals surface area contributed by atoms with E-state index in [1.807, 2.05) is 6.07 Å². The van der Waals surface area contributed by atoms with Crippen molar-refractivity contribution in [3.63, 3.8) is 0 Å². The van der Waals surface area contributed by atoms with Crippen LogP contribution in [0.25, 0.3) is 0 Å². The molecule has 2 saturated heterocycles. The zero-order chi connectivity index (χ0) is 18.2. The Morgan fingerprint density at radius 2 is 1.65 bits per heavy atom. The summed E-state index contributed by atoms with van der Waals surface area (Å²) in [6.45, 7) is 3.63. The second-order valence-electron chi connectivity index (χ2n) is 7.21. The van der Waals surface area contributed by atoms with Crippen molar-refractivity contribution in [2.45, 2.75) is 83.7 Å². The molecule has 146 valence electrons. The summed E-state index contributed by atoms with van der Waals surface area (Å²) in [5, 5.41) is 10.7. The van der Waals surface area contributed by atoms with E-state index >= 15 is 0 Å². The zero-order valence-corrected chi connectivity index (χ0v) is 15.9. The van der Waals surface area contributed by atoms with Crippen molar-refractivity contribution in [2.24, 2.45) is 0 Å². The maximum atomic E-state index is 10.7. The van der Waals surface area contributed by atoms with E-state index in [1.54, 1.807) is 6.07 Å². The van der Waals surface area contributed by atoms with Gasteiger partial charge in [-0.05, 0) is 44.6 Å². The number of ether oxygens (including phenoxy) is 4. The summed E-state index contributed by atoms with van der Waals surface area (Å²) in [5.41, 5.74) is 0.873. The molecule has 1 N–H and O–H groups in total. The molecule has 26 heavy (non-hydrogen) atoms. The highest BCUT2D eigenvalue weighted by atomic mass is 16.7. The van der Waals surface area contributed by atoms with Crippen LogP contribution in [0.3, 0.4) is 0 Å². The molecule has 0 spiro atoms. The van der Waals surface area contributed by atoms with Crippen LogP contribution in [0.1, 0.15) is 70.3 Å². The minimum absolute atomic E-state index is 0.212. The third kappa shape index (κ3) is 5.52. The van der Waals surface area contributed by atoms with Crippen LogP contribution in [-0.4, -0.2) is 30.9 Å². The first-order valence-corrected chi connectivity index (χ1v) is 10.2. The molecule has 0 aliphatic carbocycles. The summed E-state index contributed by atoms with van der Waals surface area (Å²) in [4.78, 5) is 0. The van der Waals surface area contributed by atoms with Gasteiger partial charge in [-0.25, -0.2) is 0 Å². The Kier molecular flexibility index (Phi) is 7.44. The van der Waals surface area contributed by atoms with Crippen molar-refractivity contribution in [1.29, 1.82) is 0 Å². The predicted octanol–water partition coefficient (Wildman–Crippen LogP) is 4.94. The van der Waals surface area contributed by atoms with E-state index in [9.17, 15) is 5.11 Å². The van der Waals surface area contributed by atoms with Gasteiger partial charge >= 0.3 is 0 Å². The number of aromatic hydroxyl groups is 1. The van der Waals surface area contributed by atoms with Crippen LogP contribution in [0.4, 0.5) is 0 Å². The highest BCUT2D eigenvalue weighted by Gasteiger charge is 2.21. The van der Waals surface area contributed by atoms with Gasteiger partial charge in [0.15, 0.2) is 24.1 Å². The van der Waals surface area contributed by atoms with Gasteiger partial charge in [0.1, 0.15) is 5.75 Å². The monoisotopic (exact) mass is 364 g/mol. The minimum Gasteiger partial charge on any atom is -0.504 e. The first-order valence-electron chi connectivity index (χ1n) is 10.2. The molecule has 0 aromatic heterocycles. The summed E-state index contributed by atoms with van der Waals surface area (Å²) in [5.74, 6) is 1.37. The molecule has 2 fully saturated rings. The molecular formula is C21H32O5. The van der Waals surface area contributed by atoms with Crippen molar-refractivity contribution >= 4 is 0 Å². The van der Waals surface area contributed by atoms with E-state index in [0.717, 1.165) is 76.4 Å². The van der Waals surface area contributed by atoms with Crippen LogP contribution in [0.2, 0.25) is 0 Å². The predicted molar refractivity (Wildman–Crippen MR) is 99.8 cm³/mol. The lowest BCUT2D eigenvalue weighted by Gasteiger charge is -2.26. The Morgan fingerprint density at radius 1 is 0.962 bits per heavy atom. The normalized spacial score (nSPS) is 23.6. The number of hydrogen-bond donors (Lipinski definition) is 1. The highest BCUT2D eigenvalue weighted by Crippen LogP contribution is 2.38. The number of phenols is 1. The second-order valence-corrected chi connectivity index (χ2v) is 7.21. The van der Waals surface area contributed by atoms with Crippen molar-refractivity contribution < 1.29 is 24.1 Å². The third-order valence-electron chi connectivity index (χ3n) is 4.98. The second kappa shape index (κ2) is 10.0. The van der Waals surface area contributed by atoms with Gasteiger partial charge in [0.2, 0.25) is 0 Å². The molecule has 0 radical (unpaired) electrons. The first-order chi connectivity index (χ1) is 12.8. The molecule has 0 saturated carbocycles. The average molecular weight is 364 g/mol. The minimum atomic E-state index is -0.292. The molecule has 5 heteroatoms. The zero-order valence-electron chi connectivity index (χ0n) is 15.9. The average Bonchev–Trinajstić information content (AvgIpc) is 2.67. The summed E-state index contributed by atoms with van der Waals surface area (Å²) in [6.07, 6.45) is 9.72. The van der Waals surface area contributed by atoms with Gasteiger partial charge in [0.25, 0.3) is 0 Å². The Morgan fingerprint density at radius 3 is 2.27 bits per heavy atom. The lowest BCUT2D eigenvalue weighted by Crippen LogP contribution is -2.26. The Bertz CT molecular complexity index is 548. The fraction of sp³-hybridized carbons (Fsp3) is 0.714. The van der Waals surface area contributed by atoms with Crippen molar-refractivity contribution in [1.82, 2.24) is 0 Å². The van der Waals surface area contributed by atoms with Crippen molar-refractivity contribution in [2.75, 3.05) is 13.2 Å². The van der Waals surface area contributed by atoms with Crippen LogP contribution in [0, 0.1) is 0 Å². The largest absolute Gasteiger partial charge is 0.504 e. The maximum Gasteiger partial charge on any atom is 0.200 e. The van der Waals surface area contributed by atoms with Crippen molar-refractivity contribution in [3.8, 4) is 17.2 Å². The van der Waals surface area contributed by atoms with Crippen LogP contribution in [0.5, 0.6) is 17.2 Å². The molecular weight excluding hydrogens is 332 g/mol. The number of unbranched alkanes of at least 4 members (excludes halogenated alkanes) is 2. The maximum absolute atomic E-state index is 10.7. The fourth-order valence-electron chi connectivity index (χ4n) is 3.45. The van der Waals surface area contributed by atoms with Gasteiger partial charge < -0.3 is 24.1 Å². The van der Waals surface area contributed by atoms with Crippen molar-refractivity contribution in [3.05, 3.63) is 17.7 Å². The molecule has 3 rings (SSSR count). The van der Waals surface area contributed by atoms with E-state index < -0.39 is 0 Å². The summed E-state index contributed by atoms with van der Waals surface area (Å²) >= 11 is 0. The molecule has 1 aromatic carbocycles. The molecule has 5 nitrogen and oxygen atoms in total. The number of hydrogen-bond acceptors (Lipinski definition) is 5. The van der Waals surface area contributed by atoms with Crippen LogP contribution < -0.4 is 9.47 Å². The van der Waals surface area contributed by atoms with Gasteiger partial charge in [-0.2, -0.15) is 0 Å². The van der Waals surface area contributed by atoms with Crippen LogP contribution in [-0.2, 0) is 15.9 Å². The first kappa shape index (κ1) is 19.3. The Hall–Kier alpha value is -1.46. The smallest absolute Gasteiger partial charge is 0.200 e. The quantitative estimate of drug-likeness (QED) is 0.663. The Labute approximate surface area is 156 Å². The molecule has 0 bridgehead atoms. The van der Waals surface area contributed by atoms with E-state index in [1.165, 1.54) is 0 Å². The summed E-state index contributed by atoms with van der Waals surface area (Å²) in [7, 11) is 0. The standard InChI is InChI=1S/C21H32O5/c1-2-3-4-9-16-14-17(25-19-10-5-7-12-23-19)15-18(21(16)22)26-20-11-6-8-13-24-20/h14-15,19-20,22H,2-13H2,1H3. The van der Waals surface area contributed by atoms with Gasteiger partial charge in [-0.15, -0.1) is 0 Å². The van der Waals surface area contributed by atoms with E-state index in [4.69, 9.17) is 18.9 Å². The molecule has 1 aromatic rings. The molecule has 2 unspecified atom stereocenters. The van der Waals surface area contributed by atoms with E-state index in [0.29, 0.717) is 18.1 Å². The topological polar surface area (TPSA) is 57.2 Å². The Balaban J connectivity index is 1.75. The molecule has 2 aliphatic rings. The molecule has 0 amide bonds. The van der Waals surface area contributed by atoms with Crippen LogP contribution in [0.15, 0.2) is 12.1 Å². The summed E-state index contributed by atoms with van der Waals surface area (Å²) in [6, 6.07) is 3.70. The van der Waals surface area contributed by atoms with Gasteiger partial charge in [-0.1, -0.05) is 19.8 Å². The van der Waals surface area contributed by atoms with Gasteiger partial charge in [0.05, 0.1) is 13.2 Å². The van der Waals surface area contributed by atoms with E-state index in [2.05, 4.69) is 6.92 Å². The lowest BCUT2D eigenvalue weighted by atomic mass is 10.0. The highest BCUT2D eigenvalue weighted by molar-refractivity contribution is 5.51. The number of phenolic OH excluding ortho intramolecular Hbond substituents is 1. The summed E-state index contributed by atoms with van der Waals surface area (Å²) < 4.78 is 23.4. The number of benzene rings is 1. The number of aryl methyl sites for hydroxylation is 1. The molecule has 2 heterocycles. The lowest BCUT2D eigenvalue weighted by molar-refractivity contribution is -0.109. The van der Waals surface area contributed by atoms with E-state index in [-0.39, 0.29) is 18.3 Å². The van der Waals surface area contributed by atoms with Gasteiger partial charge in [-0.3, -0.25) is 0 Å². The van der Waals surface area contributed by atoms with Crippen LogP contribution >= 0.6 is 0 Å².